The van der Waals surface area contributed by atoms with E-state index in [9.17, 15) is 4.39 Å². The Hall–Kier alpha value is -0.865. The molecule has 0 atom stereocenters. The number of methoxy groups -OCH3 is 1. The van der Waals surface area contributed by atoms with Gasteiger partial charge in [-0.2, -0.15) is 0 Å². The zero-order valence-electron chi connectivity index (χ0n) is 9.62. The van der Waals surface area contributed by atoms with Crippen LogP contribution < -0.4 is 5.46 Å². The molecule has 1 radical (unpaired) electrons. The molecule has 0 heterocycles. The summed E-state index contributed by atoms with van der Waals surface area (Å²) in [7, 11) is 3.53. The van der Waals surface area contributed by atoms with Crippen LogP contribution in [0, 0.1) is 5.82 Å². The molecule has 0 spiro atoms. The second-order valence-corrected chi connectivity index (χ2v) is 3.54. The summed E-state index contributed by atoms with van der Waals surface area (Å²) in [6.07, 6.45) is 2.84. The van der Waals surface area contributed by atoms with Crippen molar-refractivity contribution in [2.24, 2.45) is 0 Å². The van der Waals surface area contributed by atoms with Crippen LogP contribution in [-0.4, -0.2) is 27.8 Å². The Bertz CT molecular complexity index is 294. The fraction of sp³-hybridized carbons (Fsp3) is 0.500. The van der Waals surface area contributed by atoms with Gasteiger partial charge in [-0.25, -0.2) is 4.39 Å². The van der Waals surface area contributed by atoms with Gasteiger partial charge in [0.05, 0.1) is 0 Å². The highest BCUT2D eigenvalue weighted by molar-refractivity contribution is 6.53. The number of hydrogen-bond donors (Lipinski definition) is 0. The maximum atomic E-state index is 13.2. The summed E-state index contributed by atoms with van der Waals surface area (Å²) in [4.78, 5) is 0. The molecule has 0 aliphatic rings. The van der Waals surface area contributed by atoms with Crippen LogP contribution in [0.15, 0.2) is 24.3 Å². The van der Waals surface area contributed by atoms with Crippen molar-refractivity contribution < 1.29 is 13.9 Å². The van der Waals surface area contributed by atoms with Crippen molar-refractivity contribution in [3.8, 4) is 0 Å². The van der Waals surface area contributed by atoms with E-state index in [4.69, 9.17) is 9.47 Å². The minimum Gasteiger partial charge on any atom is -0.359 e. The topological polar surface area (TPSA) is 18.5 Å². The SMILES string of the molecule is COCOCCCC[B]c1ccccc1F. The lowest BCUT2D eigenvalue weighted by Gasteiger charge is -2.03. The van der Waals surface area contributed by atoms with E-state index in [0.717, 1.165) is 19.2 Å². The van der Waals surface area contributed by atoms with Crippen LogP contribution in [0.25, 0.3) is 0 Å². The molecule has 0 bridgehead atoms. The molecule has 16 heavy (non-hydrogen) atoms. The molecule has 0 aromatic heterocycles. The average Bonchev–Trinajstić information content (AvgIpc) is 2.30. The smallest absolute Gasteiger partial charge is 0.155 e. The number of rotatable bonds is 8. The monoisotopic (exact) mass is 223 g/mol. The Balaban J connectivity index is 2.05. The summed E-state index contributed by atoms with van der Waals surface area (Å²) in [5, 5.41) is 0. The molecule has 0 saturated heterocycles. The van der Waals surface area contributed by atoms with Gasteiger partial charge in [0.2, 0.25) is 0 Å². The molecule has 0 aliphatic carbocycles. The van der Waals surface area contributed by atoms with E-state index in [1.54, 1.807) is 19.2 Å². The molecule has 1 aromatic rings. The van der Waals surface area contributed by atoms with Crippen molar-refractivity contribution >= 4 is 12.7 Å². The molecule has 0 N–H and O–H groups in total. The lowest BCUT2D eigenvalue weighted by atomic mass is 9.66. The third-order valence-corrected chi connectivity index (χ3v) is 2.21. The quantitative estimate of drug-likeness (QED) is 0.381. The largest absolute Gasteiger partial charge is 0.359 e. The number of halogens is 1. The van der Waals surface area contributed by atoms with Gasteiger partial charge >= 0.3 is 0 Å². The Kier molecular flexibility index (Phi) is 6.85. The Morgan fingerprint density at radius 1 is 1.25 bits per heavy atom. The first kappa shape index (κ1) is 13.2. The summed E-state index contributed by atoms with van der Waals surface area (Å²) in [5.74, 6) is -0.155. The van der Waals surface area contributed by atoms with E-state index >= 15 is 0 Å². The highest BCUT2D eigenvalue weighted by Crippen LogP contribution is 1.98. The van der Waals surface area contributed by atoms with Crippen LogP contribution in [0.1, 0.15) is 12.8 Å². The van der Waals surface area contributed by atoms with Gasteiger partial charge in [0.15, 0.2) is 7.28 Å². The van der Waals surface area contributed by atoms with Crippen LogP contribution in [-0.2, 0) is 9.47 Å². The minimum absolute atomic E-state index is 0.155. The fourth-order valence-electron chi connectivity index (χ4n) is 1.39. The second kappa shape index (κ2) is 8.31. The molecule has 0 aliphatic heterocycles. The van der Waals surface area contributed by atoms with Crippen molar-refractivity contribution in [3.05, 3.63) is 30.1 Å². The van der Waals surface area contributed by atoms with Crippen LogP contribution in [0.4, 0.5) is 4.39 Å². The lowest BCUT2D eigenvalue weighted by Crippen LogP contribution is -2.17. The van der Waals surface area contributed by atoms with E-state index < -0.39 is 0 Å². The number of benzene rings is 1. The first-order valence-electron chi connectivity index (χ1n) is 5.49. The normalized spacial score (nSPS) is 10.4. The van der Waals surface area contributed by atoms with Crippen molar-refractivity contribution in [2.45, 2.75) is 19.2 Å². The van der Waals surface area contributed by atoms with Crippen LogP contribution in [0.2, 0.25) is 6.32 Å². The molecule has 87 valence electrons. The van der Waals surface area contributed by atoms with Crippen molar-refractivity contribution in [1.82, 2.24) is 0 Å². The first-order valence-corrected chi connectivity index (χ1v) is 5.49. The molecular weight excluding hydrogens is 206 g/mol. The molecule has 0 unspecified atom stereocenters. The predicted octanol–water partition coefficient (Wildman–Crippen LogP) is 1.97. The van der Waals surface area contributed by atoms with E-state index in [2.05, 4.69) is 0 Å². The van der Waals surface area contributed by atoms with Gasteiger partial charge in [0.1, 0.15) is 12.6 Å². The van der Waals surface area contributed by atoms with Gasteiger partial charge in [0, 0.05) is 13.7 Å². The van der Waals surface area contributed by atoms with Crippen molar-refractivity contribution in [3.63, 3.8) is 0 Å². The first-order chi connectivity index (χ1) is 7.84. The van der Waals surface area contributed by atoms with Gasteiger partial charge in [0.25, 0.3) is 0 Å². The zero-order valence-corrected chi connectivity index (χ0v) is 9.62. The molecule has 0 fully saturated rings. The molecule has 0 saturated carbocycles. The molecule has 1 rings (SSSR count). The van der Waals surface area contributed by atoms with E-state index in [-0.39, 0.29) is 5.82 Å². The molecule has 0 amide bonds. The highest BCUT2D eigenvalue weighted by atomic mass is 19.1. The second-order valence-electron chi connectivity index (χ2n) is 3.54. The van der Waals surface area contributed by atoms with Gasteiger partial charge in [-0.05, 0) is 12.5 Å². The number of unbranched alkanes of at least 4 members (excludes halogenated alkanes) is 1. The van der Waals surface area contributed by atoms with E-state index in [1.165, 1.54) is 6.07 Å². The minimum atomic E-state index is -0.155. The van der Waals surface area contributed by atoms with E-state index in [1.807, 2.05) is 13.3 Å². The standard InChI is InChI=1S/C12H17BFO2/c1-15-10-16-9-5-4-8-13-11-6-2-3-7-12(11)14/h2-3,6-7H,4-5,8-10H2,1H3. The summed E-state index contributed by atoms with van der Waals surface area (Å²) in [6, 6.07) is 6.81. The maximum absolute atomic E-state index is 13.2. The van der Waals surface area contributed by atoms with E-state index in [0.29, 0.717) is 18.9 Å². The Morgan fingerprint density at radius 3 is 2.81 bits per heavy atom. The average molecular weight is 223 g/mol. The van der Waals surface area contributed by atoms with Gasteiger partial charge in [-0.3, -0.25) is 0 Å². The van der Waals surface area contributed by atoms with Crippen LogP contribution in [0.5, 0.6) is 0 Å². The number of ether oxygens (including phenoxy) is 2. The predicted molar refractivity (Wildman–Crippen MR) is 63.7 cm³/mol. The third kappa shape index (κ3) is 5.28. The fourth-order valence-corrected chi connectivity index (χ4v) is 1.39. The van der Waals surface area contributed by atoms with Crippen molar-refractivity contribution in [1.29, 1.82) is 0 Å². The molecule has 4 heteroatoms. The molecule has 2 nitrogen and oxygen atoms in total. The summed E-state index contributed by atoms with van der Waals surface area (Å²) >= 11 is 0. The third-order valence-electron chi connectivity index (χ3n) is 2.21. The number of hydrogen-bond acceptors (Lipinski definition) is 2. The molecule has 1 aromatic carbocycles. The summed E-state index contributed by atoms with van der Waals surface area (Å²) in [5.41, 5.74) is 0.681. The van der Waals surface area contributed by atoms with Crippen LogP contribution >= 0.6 is 0 Å². The highest BCUT2D eigenvalue weighted by Gasteiger charge is 2.01. The summed E-state index contributed by atoms with van der Waals surface area (Å²) < 4.78 is 23.1. The lowest BCUT2D eigenvalue weighted by molar-refractivity contribution is -0.0312. The zero-order chi connectivity index (χ0) is 11.6. The van der Waals surface area contributed by atoms with Crippen molar-refractivity contribution in [2.75, 3.05) is 20.5 Å². The summed E-state index contributed by atoms with van der Waals surface area (Å²) in [6.45, 7) is 1.04. The Labute approximate surface area is 97.0 Å². The van der Waals surface area contributed by atoms with Gasteiger partial charge in [-0.15, -0.1) is 0 Å². The molecular formula is C12H17BFO2. The van der Waals surface area contributed by atoms with Gasteiger partial charge in [-0.1, -0.05) is 36.4 Å². The maximum Gasteiger partial charge on any atom is 0.155 e. The van der Waals surface area contributed by atoms with Crippen LogP contribution in [0.3, 0.4) is 0 Å². The Morgan fingerprint density at radius 2 is 2.06 bits per heavy atom. The van der Waals surface area contributed by atoms with Gasteiger partial charge < -0.3 is 9.47 Å².